The number of anilines is 1. The van der Waals surface area contributed by atoms with Gasteiger partial charge in [0, 0.05) is 17.7 Å². The molecule has 0 fully saturated rings. The number of nitrogens with one attached hydrogen (secondary N) is 1. The van der Waals surface area contributed by atoms with E-state index in [-0.39, 0.29) is 18.8 Å². The molecule has 0 saturated carbocycles. The van der Waals surface area contributed by atoms with Crippen molar-refractivity contribution < 1.29 is 108 Å². The van der Waals surface area contributed by atoms with E-state index in [0.717, 1.165) is 0 Å². The van der Waals surface area contributed by atoms with Gasteiger partial charge in [-0.05, 0) is 92.2 Å². The molecule has 2 rings (SSSR count). The molecular weight excluding hydrogens is 982 g/mol. The van der Waals surface area contributed by atoms with E-state index in [2.05, 4.69) is 5.32 Å². The molecule has 1 N–H and O–H groups in total. The van der Waals surface area contributed by atoms with Crippen LogP contribution in [-0.2, 0) is 18.7 Å². The molecule has 0 aliphatic carbocycles. The van der Waals surface area contributed by atoms with Gasteiger partial charge in [-0.25, -0.2) is 9.59 Å². The SMILES string of the molecule is CCOC(=O)/C(C)=C/CCC[C@@H](OC(=O)Nc1ccc(OC)cc1)c1ccc(OCCO[Si](CCC(F)(F)C(F)(F)C(F)(F)C(F)(F)C(F)(F)C(F)(F)C(F)(F)C(F)(F)F)(C(C)C)C(C)C)cc1. The van der Waals surface area contributed by atoms with Gasteiger partial charge in [0.15, 0.2) is 8.32 Å². The van der Waals surface area contributed by atoms with Crippen LogP contribution in [0.2, 0.25) is 17.1 Å². The quantitative estimate of drug-likeness (QED) is 0.0330. The molecule has 1 amide bonds. The van der Waals surface area contributed by atoms with Gasteiger partial charge in [-0.2, -0.15) is 74.6 Å². The highest BCUT2D eigenvalue weighted by Gasteiger charge is 2.95. The Bertz CT molecular complexity index is 1970. The van der Waals surface area contributed by atoms with Crippen molar-refractivity contribution in [1.29, 1.82) is 0 Å². The van der Waals surface area contributed by atoms with Crippen LogP contribution in [0.4, 0.5) is 85.1 Å². The number of ether oxygens (including phenoxy) is 4. The first kappa shape index (κ1) is 59.6. The molecule has 26 heteroatoms. The summed E-state index contributed by atoms with van der Waals surface area (Å²) < 4.78 is 263. The molecule has 68 heavy (non-hydrogen) atoms. The zero-order valence-electron chi connectivity index (χ0n) is 37.4. The van der Waals surface area contributed by atoms with E-state index in [4.69, 9.17) is 23.4 Å². The second kappa shape index (κ2) is 22.5. The van der Waals surface area contributed by atoms with Gasteiger partial charge in [0.2, 0.25) is 0 Å². The number of hydrogen-bond acceptors (Lipinski definition) is 7. The molecule has 2 aromatic rings. The average molecular weight is 1030 g/mol. The normalized spacial score (nSPS) is 14.5. The number of allylic oxidation sites excluding steroid dienone is 1. The maximum atomic E-state index is 15.0. The molecule has 0 aliphatic rings. The lowest BCUT2D eigenvalue weighted by molar-refractivity contribution is -0.461. The van der Waals surface area contributed by atoms with Crippen LogP contribution in [0.3, 0.4) is 0 Å². The summed E-state index contributed by atoms with van der Waals surface area (Å²) in [6.07, 6.45) is -9.37. The molecule has 0 aromatic heterocycles. The summed E-state index contributed by atoms with van der Waals surface area (Å²) in [5.74, 6) is -56.7. The molecule has 0 saturated heterocycles. The van der Waals surface area contributed by atoms with Crippen LogP contribution in [-0.4, -0.2) is 94.9 Å². The topological polar surface area (TPSA) is 92.3 Å². The van der Waals surface area contributed by atoms with E-state index in [1.54, 1.807) is 44.2 Å². The Labute approximate surface area is 381 Å². The minimum absolute atomic E-state index is 0.137. The van der Waals surface area contributed by atoms with E-state index < -0.39 is 111 Å². The average Bonchev–Trinajstić information content (AvgIpc) is 3.23. The number of halogens is 17. The first-order chi connectivity index (χ1) is 31.0. The third-order valence-corrected chi connectivity index (χ3v) is 16.5. The summed E-state index contributed by atoms with van der Waals surface area (Å²) in [6.45, 7) is 7.74. The number of alkyl halides is 17. The Kier molecular flexibility index (Phi) is 19.7. The molecule has 0 radical (unpaired) electrons. The molecule has 1 atom stereocenters. The van der Waals surface area contributed by atoms with E-state index in [0.29, 0.717) is 35.4 Å². The van der Waals surface area contributed by atoms with Gasteiger partial charge in [0.05, 0.1) is 20.3 Å². The number of unbranched alkanes of at least 4 members (excludes halogenated alkanes) is 1. The number of methoxy groups -OCH3 is 1. The molecule has 0 spiro atoms. The van der Waals surface area contributed by atoms with Crippen molar-refractivity contribution in [2.24, 2.45) is 0 Å². The van der Waals surface area contributed by atoms with Crippen LogP contribution in [0, 0.1) is 0 Å². The van der Waals surface area contributed by atoms with E-state index in [9.17, 15) is 75.4 Å². The lowest BCUT2D eigenvalue weighted by Gasteiger charge is -2.44. The highest BCUT2D eigenvalue weighted by Crippen LogP contribution is 2.64. The van der Waals surface area contributed by atoms with Gasteiger partial charge in [-0.1, -0.05) is 45.9 Å². The fourth-order valence-corrected chi connectivity index (χ4v) is 11.2. The van der Waals surface area contributed by atoms with Crippen molar-refractivity contribution in [3.8, 4) is 11.5 Å². The van der Waals surface area contributed by atoms with E-state index in [1.165, 1.54) is 59.1 Å². The minimum Gasteiger partial charge on any atom is -0.497 e. The molecule has 0 aliphatic heterocycles. The minimum atomic E-state index is -8.70. The Hall–Kier alpha value is -4.49. The maximum Gasteiger partial charge on any atom is 0.460 e. The van der Waals surface area contributed by atoms with Crippen LogP contribution in [0.25, 0.3) is 0 Å². The smallest absolute Gasteiger partial charge is 0.460 e. The van der Waals surface area contributed by atoms with Gasteiger partial charge in [0.25, 0.3) is 0 Å². The van der Waals surface area contributed by atoms with Crippen LogP contribution >= 0.6 is 0 Å². The monoisotopic (exact) mass is 1030 g/mol. The van der Waals surface area contributed by atoms with Gasteiger partial charge in [-0.3, -0.25) is 5.32 Å². The van der Waals surface area contributed by atoms with Gasteiger partial charge in [0.1, 0.15) is 24.2 Å². The van der Waals surface area contributed by atoms with Crippen LogP contribution < -0.4 is 14.8 Å². The zero-order valence-corrected chi connectivity index (χ0v) is 38.4. The number of rotatable bonds is 26. The van der Waals surface area contributed by atoms with Gasteiger partial charge < -0.3 is 23.4 Å². The predicted molar refractivity (Wildman–Crippen MR) is 214 cm³/mol. The summed E-state index contributed by atoms with van der Waals surface area (Å²) in [6, 6.07) is 10.9. The fraction of sp³-hybridized carbons (Fsp3) is 0.619. The summed E-state index contributed by atoms with van der Waals surface area (Å²) in [7, 11) is -2.56. The second-order valence-corrected chi connectivity index (χ2v) is 21.0. The number of carbonyl (C=O) groups excluding carboxylic acids is 2. The van der Waals surface area contributed by atoms with Gasteiger partial charge >= 0.3 is 59.7 Å². The number of amides is 1. The van der Waals surface area contributed by atoms with E-state index >= 15 is 8.78 Å². The van der Waals surface area contributed by atoms with Gasteiger partial charge in [-0.15, -0.1) is 0 Å². The van der Waals surface area contributed by atoms with Crippen molar-refractivity contribution in [2.75, 3.05) is 32.2 Å². The lowest BCUT2D eigenvalue weighted by atomic mass is 9.88. The summed E-state index contributed by atoms with van der Waals surface area (Å²) in [4.78, 5) is 24.9. The Morgan fingerprint density at radius 3 is 1.63 bits per heavy atom. The molecule has 2 aromatic carbocycles. The van der Waals surface area contributed by atoms with Crippen LogP contribution in [0.5, 0.6) is 11.5 Å². The van der Waals surface area contributed by atoms with Crippen molar-refractivity contribution >= 4 is 26.1 Å². The standard InChI is InChI=1S/C42H50F17NO7Si/c1-8-64-33(61)27(6)11-9-10-12-32(67-34(62)60-29-15-19-30(63-7)20-16-29)28-13-17-31(18-14-28)65-22-23-66-68(25(2)3,26(4)5)24-21-35(43,44)36(45,46)37(47,48)38(49,50)39(51,52)40(53,54)41(55,56)42(57,58)59/h11,13-20,25-26,32H,8-10,12,21-24H2,1-7H3,(H,60,62)/b27-11+/t32-/m1/s1. The first-order valence-electron chi connectivity index (χ1n) is 20.5. The third-order valence-electron chi connectivity index (χ3n) is 10.9. The first-order valence-corrected chi connectivity index (χ1v) is 22.8. The number of hydrogen-bond donors (Lipinski definition) is 1. The Morgan fingerprint density at radius 2 is 1.16 bits per heavy atom. The van der Waals surface area contributed by atoms with Crippen LogP contribution in [0.1, 0.15) is 78.9 Å². The molecule has 0 heterocycles. The predicted octanol–water partition coefficient (Wildman–Crippen LogP) is 14.2. The molecule has 388 valence electrons. The van der Waals surface area contributed by atoms with E-state index in [1.807, 2.05) is 0 Å². The van der Waals surface area contributed by atoms with Crippen molar-refractivity contribution in [1.82, 2.24) is 0 Å². The Balaban J connectivity index is 2.27. The highest BCUT2D eigenvalue weighted by atomic mass is 28.4. The maximum absolute atomic E-state index is 15.0. The summed E-state index contributed by atoms with van der Waals surface area (Å²) in [5, 5.41) is 2.59. The largest absolute Gasteiger partial charge is 0.497 e. The summed E-state index contributed by atoms with van der Waals surface area (Å²) in [5.41, 5.74) is -0.560. The highest BCUT2D eigenvalue weighted by molar-refractivity contribution is 6.76. The third kappa shape index (κ3) is 12.6. The fourth-order valence-electron chi connectivity index (χ4n) is 6.72. The summed E-state index contributed by atoms with van der Waals surface area (Å²) >= 11 is 0. The van der Waals surface area contributed by atoms with Crippen molar-refractivity contribution in [3.63, 3.8) is 0 Å². The number of carbonyl (C=O) groups is 2. The molecule has 0 bridgehead atoms. The molecule has 0 unspecified atom stereocenters. The second-order valence-electron chi connectivity index (χ2n) is 16.0. The van der Waals surface area contributed by atoms with Crippen LogP contribution in [0.15, 0.2) is 60.2 Å². The number of esters is 1. The van der Waals surface area contributed by atoms with Crippen molar-refractivity contribution in [3.05, 3.63) is 65.7 Å². The van der Waals surface area contributed by atoms with Crippen molar-refractivity contribution in [2.45, 2.75) is 138 Å². The number of benzene rings is 2. The lowest BCUT2D eigenvalue weighted by Crippen LogP contribution is -2.74. The molecule has 8 nitrogen and oxygen atoms in total. The zero-order chi connectivity index (χ0) is 52.5. The molecular formula is C42H50F17NO7Si. The Morgan fingerprint density at radius 1 is 0.676 bits per heavy atom.